The van der Waals surface area contributed by atoms with Crippen molar-refractivity contribution in [2.45, 2.75) is 57.3 Å². The minimum atomic E-state index is -2.60. The molecule has 2 aliphatic rings. The van der Waals surface area contributed by atoms with E-state index >= 15 is 0 Å². The number of ether oxygens (including phenoxy) is 2. The molecule has 0 amide bonds. The highest BCUT2D eigenvalue weighted by atomic mass is 31.2. The number of methoxy groups -OCH3 is 1. The summed E-state index contributed by atoms with van der Waals surface area (Å²) in [5, 5.41) is 0. The molecule has 186 valence electrons. The van der Waals surface area contributed by atoms with Gasteiger partial charge in [0.15, 0.2) is 0 Å². The predicted octanol–water partition coefficient (Wildman–Crippen LogP) is 7.63. The Morgan fingerprint density at radius 2 is 1.79 bits per heavy atom. The molecule has 2 atom stereocenters. The van der Waals surface area contributed by atoms with Crippen molar-refractivity contribution < 1.29 is 23.0 Å². The Labute approximate surface area is 203 Å². The van der Waals surface area contributed by atoms with E-state index in [9.17, 15) is 8.96 Å². The summed E-state index contributed by atoms with van der Waals surface area (Å²) in [4.78, 5) is 0. The van der Waals surface area contributed by atoms with Crippen LogP contribution in [0.4, 0.5) is 4.39 Å². The maximum atomic E-state index is 14.4. The zero-order valence-electron chi connectivity index (χ0n) is 20.7. The van der Waals surface area contributed by atoms with Gasteiger partial charge in [0.25, 0.3) is 0 Å². The summed E-state index contributed by atoms with van der Waals surface area (Å²) < 4.78 is 44.3. The molecule has 0 bridgehead atoms. The van der Waals surface area contributed by atoms with Gasteiger partial charge in [-0.1, -0.05) is 12.1 Å². The minimum absolute atomic E-state index is 0.136. The Hall–Kier alpha value is -1.84. The van der Waals surface area contributed by atoms with Gasteiger partial charge in [-0.3, -0.25) is 4.57 Å². The standard InChI is InChI=1S/C28H38FO4P/c1-4-33-34(3,30)19-27(22-12-13-22)23-6-5-7-25(16-23)32-18-20-8-10-21(11-9-20)26-17-24(31-2)14-15-28(26)29/h5-7,14-17,20-22,27H,4,8-13,18-19H2,1-3H3/t20-,21-,27?,34?. The fourth-order valence-electron chi connectivity index (χ4n) is 5.36. The molecule has 4 nitrogen and oxygen atoms in total. The van der Waals surface area contributed by atoms with E-state index in [4.69, 9.17) is 14.0 Å². The topological polar surface area (TPSA) is 44.8 Å². The molecule has 0 saturated heterocycles. The Morgan fingerprint density at radius 1 is 1.03 bits per heavy atom. The van der Waals surface area contributed by atoms with Crippen molar-refractivity contribution in [3.05, 3.63) is 59.4 Å². The number of hydrogen-bond donors (Lipinski definition) is 0. The molecule has 2 aromatic carbocycles. The summed E-state index contributed by atoms with van der Waals surface area (Å²) in [6.45, 7) is 4.83. The Balaban J connectivity index is 1.33. The van der Waals surface area contributed by atoms with Gasteiger partial charge in [-0.05, 0) is 111 Å². The van der Waals surface area contributed by atoms with Crippen molar-refractivity contribution in [1.29, 1.82) is 0 Å². The van der Waals surface area contributed by atoms with E-state index in [0.29, 0.717) is 37.0 Å². The molecule has 0 heterocycles. The van der Waals surface area contributed by atoms with Crippen LogP contribution in [0.1, 0.15) is 68.4 Å². The third-order valence-corrected chi connectivity index (χ3v) is 9.24. The molecule has 2 aromatic rings. The average Bonchev–Trinajstić information content (AvgIpc) is 3.68. The number of rotatable bonds is 11. The number of hydrogen-bond acceptors (Lipinski definition) is 4. The monoisotopic (exact) mass is 488 g/mol. The molecule has 2 fully saturated rings. The fraction of sp³-hybridized carbons (Fsp3) is 0.571. The van der Waals surface area contributed by atoms with Crippen LogP contribution < -0.4 is 9.47 Å². The lowest BCUT2D eigenvalue weighted by Crippen LogP contribution is -2.20. The first kappa shape index (κ1) is 25.3. The zero-order valence-corrected chi connectivity index (χ0v) is 21.6. The van der Waals surface area contributed by atoms with Crippen molar-refractivity contribution in [3.8, 4) is 11.5 Å². The molecule has 0 aromatic heterocycles. The fourth-order valence-corrected chi connectivity index (χ4v) is 7.23. The molecule has 4 rings (SSSR count). The molecule has 0 spiro atoms. The Kier molecular flexibility index (Phi) is 8.37. The van der Waals surface area contributed by atoms with Gasteiger partial charge in [-0.2, -0.15) is 0 Å². The van der Waals surface area contributed by atoms with E-state index in [1.165, 1.54) is 24.5 Å². The van der Waals surface area contributed by atoms with Crippen LogP contribution in [-0.2, 0) is 9.09 Å². The van der Waals surface area contributed by atoms with Crippen molar-refractivity contribution in [2.24, 2.45) is 11.8 Å². The normalized spacial score (nSPS) is 23.2. The number of benzene rings is 2. The Bertz CT molecular complexity index is 998. The molecule has 0 radical (unpaired) electrons. The first-order chi connectivity index (χ1) is 16.4. The third kappa shape index (κ3) is 6.64. The highest BCUT2D eigenvalue weighted by Gasteiger charge is 2.36. The maximum Gasteiger partial charge on any atom is 0.200 e. The highest BCUT2D eigenvalue weighted by molar-refractivity contribution is 7.58. The van der Waals surface area contributed by atoms with Crippen molar-refractivity contribution in [2.75, 3.05) is 33.2 Å². The van der Waals surface area contributed by atoms with E-state index in [0.717, 1.165) is 37.0 Å². The van der Waals surface area contributed by atoms with Crippen LogP contribution in [-0.4, -0.2) is 33.2 Å². The van der Waals surface area contributed by atoms with Gasteiger partial charge in [-0.25, -0.2) is 4.39 Å². The predicted molar refractivity (Wildman–Crippen MR) is 135 cm³/mol. The first-order valence-electron chi connectivity index (χ1n) is 12.7. The molecule has 0 N–H and O–H groups in total. The summed E-state index contributed by atoms with van der Waals surface area (Å²) in [7, 11) is -0.978. The summed E-state index contributed by atoms with van der Waals surface area (Å²) in [6.07, 6.45) is 6.96. The lowest BCUT2D eigenvalue weighted by molar-refractivity contribution is 0.199. The molecular formula is C28H38FO4P. The third-order valence-electron chi connectivity index (χ3n) is 7.38. The minimum Gasteiger partial charge on any atom is -0.497 e. The lowest BCUT2D eigenvalue weighted by Gasteiger charge is -2.29. The Morgan fingerprint density at radius 3 is 2.47 bits per heavy atom. The maximum absolute atomic E-state index is 14.4. The SMILES string of the molecule is CCOP(C)(=O)CC(c1cccc(OC[C@H]2CC[C@H](c3cc(OC)ccc3F)CC2)c1)C1CC1. The van der Waals surface area contributed by atoms with Gasteiger partial charge in [-0.15, -0.1) is 0 Å². The molecule has 6 heteroatoms. The van der Waals surface area contributed by atoms with E-state index < -0.39 is 7.37 Å². The largest absolute Gasteiger partial charge is 0.497 e. The number of halogens is 1. The van der Waals surface area contributed by atoms with Crippen LogP contribution in [0.3, 0.4) is 0 Å². The van der Waals surface area contributed by atoms with Gasteiger partial charge in [0.1, 0.15) is 17.3 Å². The second kappa shape index (κ2) is 11.3. The van der Waals surface area contributed by atoms with Crippen LogP contribution in [0.25, 0.3) is 0 Å². The van der Waals surface area contributed by atoms with Crippen molar-refractivity contribution >= 4 is 7.37 Å². The molecule has 34 heavy (non-hydrogen) atoms. The zero-order chi connectivity index (χ0) is 24.1. The van der Waals surface area contributed by atoms with Gasteiger partial charge < -0.3 is 14.0 Å². The van der Waals surface area contributed by atoms with E-state index in [-0.39, 0.29) is 17.7 Å². The van der Waals surface area contributed by atoms with Gasteiger partial charge in [0, 0.05) is 12.8 Å². The van der Waals surface area contributed by atoms with Gasteiger partial charge in [0.05, 0.1) is 20.3 Å². The summed E-state index contributed by atoms with van der Waals surface area (Å²) in [6, 6.07) is 13.4. The van der Waals surface area contributed by atoms with E-state index in [1.54, 1.807) is 19.8 Å². The van der Waals surface area contributed by atoms with Gasteiger partial charge >= 0.3 is 0 Å². The molecule has 0 aliphatic heterocycles. The quantitative estimate of drug-likeness (QED) is 0.305. The van der Waals surface area contributed by atoms with Crippen molar-refractivity contribution in [1.82, 2.24) is 0 Å². The summed E-state index contributed by atoms with van der Waals surface area (Å²) in [5.74, 6) is 3.03. The van der Waals surface area contributed by atoms with Crippen LogP contribution in [0, 0.1) is 17.7 Å². The molecule has 2 aliphatic carbocycles. The van der Waals surface area contributed by atoms with E-state index in [1.807, 2.05) is 25.1 Å². The summed E-state index contributed by atoms with van der Waals surface area (Å²) >= 11 is 0. The van der Waals surface area contributed by atoms with Crippen LogP contribution in [0.5, 0.6) is 11.5 Å². The highest BCUT2D eigenvalue weighted by Crippen LogP contribution is 2.53. The smallest absolute Gasteiger partial charge is 0.200 e. The van der Waals surface area contributed by atoms with Crippen LogP contribution in [0.2, 0.25) is 0 Å². The average molecular weight is 489 g/mol. The lowest BCUT2D eigenvalue weighted by atomic mass is 9.79. The molecule has 2 saturated carbocycles. The van der Waals surface area contributed by atoms with Gasteiger partial charge in [0.2, 0.25) is 7.37 Å². The first-order valence-corrected chi connectivity index (χ1v) is 14.9. The summed E-state index contributed by atoms with van der Waals surface area (Å²) in [5.41, 5.74) is 1.98. The van der Waals surface area contributed by atoms with E-state index in [2.05, 4.69) is 12.1 Å². The van der Waals surface area contributed by atoms with Crippen LogP contribution >= 0.6 is 7.37 Å². The second-order valence-electron chi connectivity index (χ2n) is 10.0. The molecular weight excluding hydrogens is 450 g/mol. The molecule has 2 unspecified atom stereocenters. The van der Waals surface area contributed by atoms with Crippen LogP contribution in [0.15, 0.2) is 42.5 Å². The second-order valence-corrected chi connectivity index (χ2v) is 12.7. The van der Waals surface area contributed by atoms with Crippen molar-refractivity contribution in [3.63, 3.8) is 0 Å².